The number of fused-ring (bicyclic) bond motifs is 1. The van der Waals surface area contributed by atoms with E-state index in [4.69, 9.17) is 0 Å². The molecule has 1 aliphatic carbocycles. The molecule has 0 atom stereocenters. The maximum Gasteiger partial charge on any atom is 0.211 e. The number of hydrogen-bond acceptors (Lipinski definition) is 7. The Morgan fingerprint density at radius 1 is 1.06 bits per heavy atom. The zero-order valence-electron chi connectivity index (χ0n) is 19.7. The van der Waals surface area contributed by atoms with Crippen molar-refractivity contribution in [2.75, 3.05) is 42.2 Å². The first-order chi connectivity index (χ1) is 16.9. The van der Waals surface area contributed by atoms with Crippen LogP contribution in [0, 0.1) is 0 Å². The molecule has 0 amide bonds. The van der Waals surface area contributed by atoms with E-state index in [0.717, 1.165) is 41.3 Å². The second kappa shape index (κ2) is 9.67. The van der Waals surface area contributed by atoms with Crippen LogP contribution in [0.1, 0.15) is 19.8 Å². The van der Waals surface area contributed by atoms with Crippen LogP contribution in [0.2, 0.25) is 0 Å². The van der Waals surface area contributed by atoms with E-state index in [9.17, 15) is 13.2 Å². The number of piperazine rings is 1. The van der Waals surface area contributed by atoms with Gasteiger partial charge < -0.3 is 10.2 Å². The molecule has 1 aromatic carbocycles. The average molecular weight is 494 g/mol. The predicted molar refractivity (Wildman–Crippen MR) is 140 cm³/mol. The Labute approximate surface area is 207 Å². The number of pyridine rings is 1. The number of para-hydroxylation sites is 1. The van der Waals surface area contributed by atoms with Gasteiger partial charge in [-0.25, -0.2) is 13.4 Å². The van der Waals surface area contributed by atoms with Gasteiger partial charge in [0, 0.05) is 69.3 Å². The zero-order valence-corrected chi connectivity index (χ0v) is 20.5. The number of carbonyl (C=O) groups excluding carboxylic acids is 1. The number of hydrogen-bond donors (Lipinski definition) is 1. The number of rotatable bonds is 5. The van der Waals surface area contributed by atoms with Crippen LogP contribution in [-0.2, 0) is 21.2 Å². The van der Waals surface area contributed by atoms with E-state index in [1.807, 2.05) is 42.5 Å². The third-order valence-corrected chi connectivity index (χ3v) is 7.71. The van der Waals surface area contributed by atoms with Gasteiger partial charge >= 0.3 is 0 Å². The summed E-state index contributed by atoms with van der Waals surface area (Å²) >= 11 is 0. The Kier molecular flexibility index (Phi) is 6.44. The lowest BCUT2D eigenvalue weighted by Gasteiger charge is -2.35. The maximum absolute atomic E-state index is 12.9. The van der Waals surface area contributed by atoms with Crippen LogP contribution in [0.5, 0.6) is 0 Å². The summed E-state index contributed by atoms with van der Waals surface area (Å²) in [7, 11) is -3.21. The molecule has 3 aliphatic rings. The molecule has 35 heavy (non-hydrogen) atoms. The minimum Gasteiger partial charge on any atom is -0.354 e. The molecule has 1 fully saturated rings. The van der Waals surface area contributed by atoms with Gasteiger partial charge in [0.2, 0.25) is 10.0 Å². The third kappa shape index (κ3) is 5.16. The van der Waals surface area contributed by atoms with E-state index in [1.165, 1.54) is 10.6 Å². The van der Waals surface area contributed by atoms with Crippen LogP contribution in [-0.4, -0.2) is 55.9 Å². The molecule has 184 valence electrons. The summed E-state index contributed by atoms with van der Waals surface area (Å²) in [5.41, 5.74) is 3.63. The van der Waals surface area contributed by atoms with E-state index >= 15 is 0 Å². The molecule has 0 unspecified atom stereocenters. The summed E-state index contributed by atoms with van der Waals surface area (Å²) in [6, 6.07) is 12.0. The minimum absolute atomic E-state index is 0. The highest BCUT2D eigenvalue weighted by Gasteiger charge is 2.28. The highest BCUT2D eigenvalue weighted by Crippen LogP contribution is 2.36. The molecule has 2 aliphatic heterocycles. The minimum atomic E-state index is -3.21. The van der Waals surface area contributed by atoms with Gasteiger partial charge in [0.1, 0.15) is 11.6 Å². The van der Waals surface area contributed by atoms with Crippen molar-refractivity contribution in [1.29, 1.82) is 0 Å². The Bertz CT molecular complexity index is 1320. The zero-order chi connectivity index (χ0) is 24.4. The quantitative estimate of drug-likeness (QED) is 0.684. The molecule has 1 aromatic heterocycles. The van der Waals surface area contributed by atoms with Crippen molar-refractivity contribution in [3.8, 4) is 0 Å². The first kappa shape index (κ1) is 23.3. The van der Waals surface area contributed by atoms with Gasteiger partial charge in [-0.1, -0.05) is 30.4 Å². The van der Waals surface area contributed by atoms with E-state index in [2.05, 4.69) is 32.3 Å². The molecule has 0 spiro atoms. The average Bonchev–Trinajstić information content (AvgIpc) is 2.99. The van der Waals surface area contributed by atoms with E-state index < -0.39 is 10.0 Å². The van der Waals surface area contributed by atoms with Crippen molar-refractivity contribution in [3.05, 3.63) is 84.0 Å². The highest BCUT2D eigenvalue weighted by atomic mass is 32.2. The summed E-state index contributed by atoms with van der Waals surface area (Å²) in [4.78, 5) is 21.7. The fourth-order valence-electron chi connectivity index (χ4n) is 4.62. The number of anilines is 3. The van der Waals surface area contributed by atoms with Crippen molar-refractivity contribution in [2.45, 2.75) is 19.3 Å². The number of sulfonamides is 1. The lowest BCUT2D eigenvalue weighted by molar-refractivity contribution is -0.114. The molecule has 0 radical (unpaired) electrons. The summed E-state index contributed by atoms with van der Waals surface area (Å²) in [6.07, 6.45) is 13.2. The number of ketones is 1. The summed E-state index contributed by atoms with van der Waals surface area (Å²) < 4.78 is 25.3. The van der Waals surface area contributed by atoms with E-state index in [1.54, 1.807) is 12.3 Å². The monoisotopic (exact) mass is 493 g/mol. The molecule has 0 bridgehead atoms. The SMILES string of the molecule is CS(=O)(=O)N1CCN(c2cc3c(cn2)CC(=O)C=C(NC2=CCCC=C2)N3c2ccccc2)CC1.[HH]. The van der Waals surface area contributed by atoms with Gasteiger partial charge in [-0.05, 0) is 31.1 Å². The van der Waals surface area contributed by atoms with Gasteiger partial charge in [-0.3, -0.25) is 9.69 Å². The van der Waals surface area contributed by atoms with Crippen molar-refractivity contribution in [2.24, 2.45) is 0 Å². The van der Waals surface area contributed by atoms with E-state index in [-0.39, 0.29) is 13.6 Å². The molecular formula is C26H31N5O3S. The maximum atomic E-state index is 12.9. The molecular weight excluding hydrogens is 462 g/mol. The first-order valence-corrected chi connectivity index (χ1v) is 13.7. The Morgan fingerprint density at radius 3 is 2.51 bits per heavy atom. The molecule has 1 N–H and O–H groups in total. The molecule has 0 saturated carbocycles. The standard InChI is InChI=1S/C26H29N5O3S.H2/c1-35(33,34)30-14-12-29(13-15-30)25-18-24-20(19-27-25)16-23(32)17-26(28-21-8-4-2-5-9-21)31(24)22-10-6-3-7-11-22;/h3-4,6-11,17-19,28H,2,5,12-16H2,1H3;1H. The second-order valence-corrected chi connectivity index (χ2v) is 10.9. The Morgan fingerprint density at radius 2 is 1.83 bits per heavy atom. The van der Waals surface area contributed by atoms with Crippen LogP contribution in [0.3, 0.4) is 0 Å². The second-order valence-electron chi connectivity index (χ2n) is 8.93. The van der Waals surface area contributed by atoms with Crippen LogP contribution < -0.4 is 15.1 Å². The van der Waals surface area contributed by atoms with Crippen molar-refractivity contribution < 1.29 is 14.6 Å². The van der Waals surface area contributed by atoms with Crippen LogP contribution in [0.4, 0.5) is 17.2 Å². The molecule has 9 heteroatoms. The lowest BCUT2D eigenvalue weighted by Crippen LogP contribution is -2.48. The Balaban J connectivity index is 0.00000304. The van der Waals surface area contributed by atoms with Gasteiger partial charge in [0.05, 0.1) is 11.9 Å². The molecule has 3 heterocycles. The van der Waals surface area contributed by atoms with Crippen LogP contribution in [0.25, 0.3) is 0 Å². The highest BCUT2D eigenvalue weighted by molar-refractivity contribution is 7.88. The van der Waals surface area contributed by atoms with Gasteiger partial charge in [0.15, 0.2) is 5.78 Å². The summed E-state index contributed by atoms with van der Waals surface area (Å²) in [5, 5.41) is 3.47. The van der Waals surface area contributed by atoms with Crippen LogP contribution >= 0.6 is 0 Å². The van der Waals surface area contributed by atoms with Crippen LogP contribution in [0.15, 0.2) is 78.4 Å². The van der Waals surface area contributed by atoms with Gasteiger partial charge in [0.25, 0.3) is 0 Å². The number of allylic oxidation sites excluding steroid dienone is 4. The summed E-state index contributed by atoms with van der Waals surface area (Å²) in [6.45, 7) is 1.96. The number of carbonyl (C=O) groups is 1. The van der Waals surface area contributed by atoms with E-state index in [0.29, 0.717) is 32.0 Å². The molecule has 8 nitrogen and oxygen atoms in total. The largest absolute Gasteiger partial charge is 0.354 e. The molecule has 2 aromatic rings. The number of aromatic nitrogens is 1. The van der Waals surface area contributed by atoms with Gasteiger partial charge in [-0.15, -0.1) is 0 Å². The lowest BCUT2D eigenvalue weighted by atomic mass is 10.1. The predicted octanol–water partition coefficient (Wildman–Crippen LogP) is 3.34. The molecule has 1 saturated heterocycles. The van der Waals surface area contributed by atoms with Gasteiger partial charge in [-0.2, -0.15) is 4.31 Å². The Hall–Kier alpha value is -3.43. The fourth-order valence-corrected chi connectivity index (χ4v) is 5.44. The smallest absolute Gasteiger partial charge is 0.211 e. The first-order valence-electron chi connectivity index (χ1n) is 11.8. The number of benzene rings is 1. The van der Waals surface area contributed by atoms with Crippen molar-refractivity contribution >= 4 is 33.0 Å². The summed E-state index contributed by atoms with van der Waals surface area (Å²) in [5.74, 6) is 1.46. The molecule has 5 rings (SSSR count). The number of nitrogens with one attached hydrogen (secondary N) is 1. The number of nitrogens with zero attached hydrogens (tertiary/aromatic N) is 4. The van der Waals surface area contributed by atoms with Crippen molar-refractivity contribution in [1.82, 2.24) is 14.6 Å². The third-order valence-electron chi connectivity index (χ3n) is 6.41. The van der Waals surface area contributed by atoms with Crippen molar-refractivity contribution in [3.63, 3.8) is 0 Å². The fraction of sp³-hybridized carbons (Fsp3) is 0.308. The topological polar surface area (TPSA) is 85.9 Å². The normalized spacial score (nSPS) is 19.1.